The zero-order valence-electron chi connectivity index (χ0n) is 12.3. The second-order valence-corrected chi connectivity index (χ2v) is 5.03. The number of hydrogen-bond acceptors (Lipinski definition) is 5. The number of rotatable bonds is 5. The van der Waals surface area contributed by atoms with Crippen LogP contribution in [0.15, 0.2) is 27.4 Å². The lowest BCUT2D eigenvalue weighted by molar-refractivity contribution is -0.151. The molecule has 0 bridgehead atoms. The van der Waals surface area contributed by atoms with Crippen LogP contribution in [-0.2, 0) is 16.1 Å². The second kappa shape index (κ2) is 6.13. The zero-order valence-corrected chi connectivity index (χ0v) is 12.3. The van der Waals surface area contributed by atoms with E-state index in [1.54, 1.807) is 32.0 Å². The molecule has 2 aromatic rings. The minimum Gasteiger partial charge on any atom is -0.461 e. The molecular formula is C15H19NO5. The molecule has 0 aliphatic carbocycles. The van der Waals surface area contributed by atoms with Gasteiger partial charge in [0.05, 0.1) is 18.2 Å². The molecule has 0 spiro atoms. The van der Waals surface area contributed by atoms with Crippen molar-refractivity contribution >= 4 is 17.1 Å². The molecule has 0 radical (unpaired) electrons. The summed E-state index contributed by atoms with van der Waals surface area (Å²) in [5.41, 5.74) is 1.49. The Labute approximate surface area is 121 Å². The van der Waals surface area contributed by atoms with Crippen LogP contribution in [0.1, 0.15) is 38.8 Å². The van der Waals surface area contributed by atoms with Gasteiger partial charge in [-0.25, -0.2) is 9.59 Å². The minimum absolute atomic E-state index is 0.152. The molecule has 2 atom stereocenters. The van der Waals surface area contributed by atoms with E-state index in [1.807, 2.05) is 6.92 Å². The third-order valence-electron chi connectivity index (χ3n) is 3.48. The molecule has 1 aromatic carbocycles. The van der Waals surface area contributed by atoms with Gasteiger partial charge in [0.1, 0.15) is 6.04 Å². The Hall–Kier alpha value is -2.08. The number of carbonyl (C=O) groups excluding carboxylic acids is 1. The molecule has 0 fully saturated rings. The summed E-state index contributed by atoms with van der Waals surface area (Å²) < 4.78 is 11.6. The van der Waals surface area contributed by atoms with Gasteiger partial charge in [-0.3, -0.25) is 4.57 Å². The normalized spacial score (nSPS) is 14.1. The van der Waals surface area contributed by atoms with E-state index in [9.17, 15) is 14.7 Å². The maximum Gasteiger partial charge on any atom is 0.420 e. The van der Waals surface area contributed by atoms with Crippen LogP contribution >= 0.6 is 0 Å². The number of carbonyl (C=O) groups is 1. The average molecular weight is 293 g/mol. The van der Waals surface area contributed by atoms with Gasteiger partial charge in [-0.2, -0.15) is 0 Å². The van der Waals surface area contributed by atoms with Crippen LogP contribution in [0.5, 0.6) is 0 Å². The number of oxazole rings is 1. The van der Waals surface area contributed by atoms with Gasteiger partial charge in [-0.15, -0.1) is 0 Å². The summed E-state index contributed by atoms with van der Waals surface area (Å²) in [6.45, 7) is 5.15. The number of benzene rings is 1. The van der Waals surface area contributed by atoms with Crippen molar-refractivity contribution in [3.05, 3.63) is 34.3 Å². The summed E-state index contributed by atoms with van der Waals surface area (Å²) in [6.07, 6.45) is 0.496. The van der Waals surface area contributed by atoms with E-state index in [4.69, 9.17) is 9.15 Å². The summed E-state index contributed by atoms with van der Waals surface area (Å²) in [6, 6.07) is 4.11. The molecule has 2 unspecified atom stereocenters. The Morgan fingerprint density at radius 2 is 2.14 bits per heavy atom. The van der Waals surface area contributed by atoms with Crippen LogP contribution in [0.2, 0.25) is 0 Å². The third-order valence-corrected chi connectivity index (χ3v) is 3.48. The summed E-state index contributed by atoms with van der Waals surface area (Å²) in [7, 11) is 0. The molecule has 21 heavy (non-hydrogen) atoms. The van der Waals surface area contributed by atoms with Crippen LogP contribution in [0, 0.1) is 0 Å². The lowest BCUT2D eigenvalue weighted by Crippen LogP contribution is -2.28. The van der Waals surface area contributed by atoms with E-state index in [0.29, 0.717) is 23.1 Å². The molecule has 114 valence electrons. The summed E-state index contributed by atoms with van der Waals surface area (Å²) in [5.74, 6) is -1.10. The Morgan fingerprint density at radius 1 is 1.43 bits per heavy atom. The zero-order chi connectivity index (χ0) is 15.6. The van der Waals surface area contributed by atoms with E-state index in [0.717, 1.165) is 0 Å². The van der Waals surface area contributed by atoms with Gasteiger partial charge in [0.25, 0.3) is 0 Å². The summed E-state index contributed by atoms with van der Waals surface area (Å²) in [4.78, 5) is 24.1. The van der Waals surface area contributed by atoms with Gasteiger partial charge in [0.15, 0.2) is 5.58 Å². The van der Waals surface area contributed by atoms with Gasteiger partial charge in [-0.1, -0.05) is 13.0 Å². The van der Waals surface area contributed by atoms with Crippen molar-refractivity contribution in [1.29, 1.82) is 0 Å². The highest BCUT2D eigenvalue weighted by Crippen LogP contribution is 2.20. The van der Waals surface area contributed by atoms with E-state index < -0.39 is 17.8 Å². The number of hydrogen-bond donors (Lipinski definition) is 1. The number of esters is 1. The van der Waals surface area contributed by atoms with Crippen LogP contribution in [0.4, 0.5) is 0 Å². The maximum atomic E-state index is 12.1. The fourth-order valence-corrected chi connectivity index (χ4v) is 2.03. The highest BCUT2D eigenvalue weighted by molar-refractivity contribution is 5.79. The first-order chi connectivity index (χ1) is 9.97. The minimum atomic E-state index is -0.790. The highest BCUT2D eigenvalue weighted by atomic mass is 16.5. The number of aromatic nitrogens is 1. The average Bonchev–Trinajstić information content (AvgIpc) is 2.80. The SMILES string of the molecule is CCC(C)OC(=O)C(C)n1c(=O)oc2ccc(CO)cc21. The molecule has 0 aliphatic heterocycles. The number of ether oxygens (including phenoxy) is 1. The lowest BCUT2D eigenvalue weighted by Gasteiger charge is -2.16. The van der Waals surface area contributed by atoms with E-state index >= 15 is 0 Å². The lowest BCUT2D eigenvalue weighted by atomic mass is 10.2. The molecule has 1 N–H and O–H groups in total. The third kappa shape index (κ3) is 3.00. The standard InChI is InChI=1S/C15H19NO5/c1-4-9(2)20-14(18)10(3)16-12-7-11(8-17)5-6-13(12)21-15(16)19/h5-7,9-10,17H,4,8H2,1-3H3. The molecule has 2 rings (SSSR count). The Morgan fingerprint density at radius 3 is 2.76 bits per heavy atom. The van der Waals surface area contributed by atoms with Gasteiger partial charge in [0, 0.05) is 0 Å². The molecule has 0 saturated heterocycles. The fraction of sp³-hybridized carbons (Fsp3) is 0.467. The first kappa shape index (κ1) is 15.3. The molecule has 6 nitrogen and oxygen atoms in total. The van der Waals surface area contributed by atoms with E-state index in [2.05, 4.69) is 0 Å². The number of fused-ring (bicyclic) bond motifs is 1. The largest absolute Gasteiger partial charge is 0.461 e. The topological polar surface area (TPSA) is 81.7 Å². The molecule has 1 aromatic heterocycles. The number of nitrogens with zero attached hydrogens (tertiary/aromatic N) is 1. The number of aliphatic hydroxyl groups excluding tert-OH is 1. The molecule has 0 aliphatic rings. The molecule has 1 heterocycles. The monoisotopic (exact) mass is 293 g/mol. The summed E-state index contributed by atoms with van der Waals surface area (Å²) >= 11 is 0. The van der Waals surface area contributed by atoms with Crippen molar-refractivity contribution in [3.8, 4) is 0 Å². The predicted molar refractivity (Wildman–Crippen MR) is 77.0 cm³/mol. The van der Waals surface area contributed by atoms with Crippen molar-refractivity contribution in [3.63, 3.8) is 0 Å². The van der Waals surface area contributed by atoms with E-state index in [-0.39, 0.29) is 12.7 Å². The van der Waals surface area contributed by atoms with Crippen molar-refractivity contribution in [1.82, 2.24) is 4.57 Å². The smallest absolute Gasteiger partial charge is 0.420 e. The van der Waals surface area contributed by atoms with Gasteiger partial charge in [-0.05, 0) is 38.0 Å². The second-order valence-electron chi connectivity index (χ2n) is 5.03. The molecule has 6 heteroatoms. The Kier molecular flexibility index (Phi) is 4.47. The number of aliphatic hydroxyl groups is 1. The van der Waals surface area contributed by atoms with Crippen molar-refractivity contribution < 1.29 is 19.1 Å². The molecule has 0 saturated carbocycles. The van der Waals surface area contributed by atoms with Crippen LogP contribution in [0.25, 0.3) is 11.1 Å². The van der Waals surface area contributed by atoms with Crippen LogP contribution in [-0.4, -0.2) is 21.7 Å². The van der Waals surface area contributed by atoms with Crippen molar-refractivity contribution in [2.75, 3.05) is 0 Å². The molecule has 0 amide bonds. The van der Waals surface area contributed by atoms with E-state index in [1.165, 1.54) is 4.57 Å². The van der Waals surface area contributed by atoms with Gasteiger partial charge in [0.2, 0.25) is 0 Å². The molecular weight excluding hydrogens is 274 g/mol. The van der Waals surface area contributed by atoms with Crippen LogP contribution < -0.4 is 5.76 Å². The fourth-order valence-electron chi connectivity index (χ4n) is 2.03. The highest BCUT2D eigenvalue weighted by Gasteiger charge is 2.24. The Balaban J connectivity index is 2.42. The predicted octanol–water partition coefficient (Wildman–Crippen LogP) is 1.99. The van der Waals surface area contributed by atoms with Gasteiger partial charge < -0.3 is 14.3 Å². The Bertz CT molecular complexity index is 700. The van der Waals surface area contributed by atoms with Crippen molar-refractivity contribution in [2.24, 2.45) is 0 Å². The van der Waals surface area contributed by atoms with Crippen molar-refractivity contribution in [2.45, 2.75) is 45.9 Å². The quantitative estimate of drug-likeness (QED) is 0.853. The first-order valence-electron chi connectivity index (χ1n) is 6.93. The first-order valence-corrected chi connectivity index (χ1v) is 6.93. The van der Waals surface area contributed by atoms with Crippen LogP contribution in [0.3, 0.4) is 0 Å². The van der Waals surface area contributed by atoms with Gasteiger partial charge >= 0.3 is 11.7 Å². The summed E-state index contributed by atoms with van der Waals surface area (Å²) in [5, 5.41) is 9.18. The maximum absolute atomic E-state index is 12.1.